The molecule has 0 aliphatic carbocycles. The molecule has 9 heteroatoms. The van der Waals surface area contributed by atoms with Gasteiger partial charge in [-0.1, -0.05) is 12.1 Å². The van der Waals surface area contributed by atoms with Gasteiger partial charge in [0.25, 0.3) is 0 Å². The minimum absolute atomic E-state index is 0.00565. The second kappa shape index (κ2) is 8.36. The van der Waals surface area contributed by atoms with Crippen LogP contribution in [-0.2, 0) is 18.8 Å². The van der Waals surface area contributed by atoms with Crippen molar-refractivity contribution in [1.82, 2.24) is 24.4 Å². The zero-order chi connectivity index (χ0) is 20.2. The maximum atomic E-state index is 12.8. The standard InChI is InChI=1S/C20H24N6O3/c1-25-10-8-21-18(25)17(19-22-9-11-26(19)2)24-20(27)23-15-5-3-4-6-16(15)29-14-7-12-28-13-14/h3-6,8-11,14,17H,7,12-13H2,1-2H3,(H2,23,24,27). The first-order valence-electron chi connectivity index (χ1n) is 9.47. The molecule has 4 rings (SSSR count). The first-order valence-corrected chi connectivity index (χ1v) is 9.47. The number of aromatic nitrogens is 4. The molecule has 152 valence electrons. The highest BCUT2D eigenvalue weighted by atomic mass is 16.5. The van der Waals surface area contributed by atoms with Crippen LogP contribution in [-0.4, -0.2) is 44.5 Å². The molecule has 9 nitrogen and oxygen atoms in total. The van der Waals surface area contributed by atoms with Crippen molar-refractivity contribution >= 4 is 11.7 Å². The van der Waals surface area contributed by atoms with Crippen LogP contribution in [0.3, 0.4) is 0 Å². The van der Waals surface area contributed by atoms with Crippen LogP contribution in [0.25, 0.3) is 0 Å². The lowest BCUT2D eigenvalue weighted by atomic mass is 10.2. The van der Waals surface area contributed by atoms with E-state index in [1.54, 1.807) is 18.5 Å². The molecule has 2 N–H and O–H groups in total. The summed E-state index contributed by atoms with van der Waals surface area (Å²) < 4.78 is 15.1. The van der Waals surface area contributed by atoms with Crippen molar-refractivity contribution in [3.8, 4) is 5.75 Å². The molecule has 0 radical (unpaired) electrons. The summed E-state index contributed by atoms with van der Waals surface area (Å²) in [5.74, 6) is 1.98. The number of rotatable bonds is 6. The fraction of sp³-hybridized carbons (Fsp3) is 0.350. The third-order valence-corrected chi connectivity index (χ3v) is 4.83. The van der Waals surface area contributed by atoms with Crippen molar-refractivity contribution in [1.29, 1.82) is 0 Å². The summed E-state index contributed by atoms with van der Waals surface area (Å²) in [6, 6.07) is 6.48. The highest BCUT2D eigenvalue weighted by molar-refractivity contribution is 5.91. The molecule has 0 bridgehead atoms. The minimum atomic E-state index is -0.508. The Morgan fingerprint density at radius 3 is 2.45 bits per heavy atom. The molecule has 2 aromatic heterocycles. The molecule has 0 saturated carbocycles. The van der Waals surface area contributed by atoms with Gasteiger partial charge >= 0.3 is 6.03 Å². The monoisotopic (exact) mass is 396 g/mol. The second-order valence-electron chi connectivity index (χ2n) is 6.92. The largest absolute Gasteiger partial charge is 0.486 e. The summed E-state index contributed by atoms with van der Waals surface area (Å²) in [6.07, 6.45) is 7.87. The van der Waals surface area contributed by atoms with Crippen molar-refractivity contribution in [3.05, 3.63) is 60.7 Å². The Labute approximate surface area is 168 Å². The molecule has 1 aliphatic rings. The number of urea groups is 1. The van der Waals surface area contributed by atoms with E-state index in [4.69, 9.17) is 9.47 Å². The van der Waals surface area contributed by atoms with E-state index in [-0.39, 0.29) is 12.1 Å². The van der Waals surface area contributed by atoms with Gasteiger partial charge in [0.05, 0.1) is 18.9 Å². The first-order chi connectivity index (χ1) is 14.1. The van der Waals surface area contributed by atoms with Crippen LogP contribution in [0.1, 0.15) is 24.1 Å². The number of carbonyl (C=O) groups excluding carboxylic acids is 1. The molecule has 29 heavy (non-hydrogen) atoms. The second-order valence-corrected chi connectivity index (χ2v) is 6.92. The molecule has 0 spiro atoms. The predicted molar refractivity (Wildman–Crippen MR) is 107 cm³/mol. The van der Waals surface area contributed by atoms with Crippen molar-refractivity contribution in [3.63, 3.8) is 0 Å². The predicted octanol–water partition coefficient (Wildman–Crippen LogP) is 2.23. The van der Waals surface area contributed by atoms with E-state index in [0.717, 1.165) is 6.42 Å². The number of benzene rings is 1. The molecule has 3 heterocycles. The van der Waals surface area contributed by atoms with E-state index in [9.17, 15) is 4.79 Å². The fourth-order valence-corrected chi connectivity index (χ4v) is 3.30. The zero-order valence-electron chi connectivity index (χ0n) is 16.4. The Kier molecular flexibility index (Phi) is 5.48. The van der Waals surface area contributed by atoms with Crippen molar-refractivity contribution in [2.75, 3.05) is 18.5 Å². The van der Waals surface area contributed by atoms with Crippen molar-refractivity contribution < 1.29 is 14.3 Å². The summed E-state index contributed by atoms with van der Waals surface area (Å²) in [7, 11) is 3.76. The van der Waals surface area contributed by atoms with Gasteiger partial charge in [0.2, 0.25) is 0 Å². The maximum Gasteiger partial charge on any atom is 0.320 e. The highest BCUT2D eigenvalue weighted by Gasteiger charge is 2.25. The number of imidazole rings is 2. The van der Waals surface area contributed by atoms with Crippen LogP contribution in [0, 0.1) is 0 Å². The summed E-state index contributed by atoms with van der Waals surface area (Å²) >= 11 is 0. The first kappa shape index (κ1) is 19.0. The fourth-order valence-electron chi connectivity index (χ4n) is 3.30. The number of aryl methyl sites for hydroxylation is 2. The van der Waals surface area contributed by atoms with E-state index in [1.807, 2.05) is 53.8 Å². The molecular weight excluding hydrogens is 372 g/mol. The lowest BCUT2D eigenvalue weighted by Crippen LogP contribution is -2.36. The Morgan fingerprint density at radius 2 is 1.86 bits per heavy atom. The van der Waals surface area contributed by atoms with Gasteiger partial charge in [0, 0.05) is 45.3 Å². The van der Waals surface area contributed by atoms with Crippen molar-refractivity contribution in [2.24, 2.45) is 14.1 Å². The highest BCUT2D eigenvalue weighted by Crippen LogP contribution is 2.27. The third-order valence-electron chi connectivity index (χ3n) is 4.83. The number of anilines is 1. The van der Waals surface area contributed by atoms with Gasteiger partial charge in [-0.05, 0) is 12.1 Å². The quantitative estimate of drug-likeness (QED) is 0.666. The van der Waals surface area contributed by atoms with Crippen molar-refractivity contribution in [2.45, 2.75) is 18.6 Å². The van der Waals surface area contributed by atoms with E-state index in [2.05, 4.69) is 20.6 Å². The van der Waals surface area contributed by atoms with E-state index >= 15 is 0 Å². The molecular formula is C20H24N6O3. The SMILES string of the molecule is Cn1ccnc1C(NC(=O)Nc1ccccc1OC1CCOC1)c1nccn1C. The average Bonchev–Trinajstić information content (AvgIpc) is 3.45. The van der Waals surface area contributed by atoms with E-state index < -0.39 is 6.04 Å². The van der Waals surface area contributed by atoms with Gasteiger partial charge < -0.3 is 29.2 Å². The summed E-state index contributed by atoms with van der Waals surface area (Å²) in [4.78, 5) is 21.6. The Hall–Kier alpha value is -3.33. The topological polar surface area (TPSA) is 95.2 Å². The Balaban J connectivity index is 1.52. The molecule has 1 fully saturated rings. The average molecular weight is 396 g/mol. The Morgan fingerprint density at radius 1 is 1.17 bits per heavy atom. The normalized spacial score (nSPS) is 16.2. The summed E-state index contributed by atoms with van der Waals surface area (Å²) in [5.41, 5.74) is 0.593. The van der Waals surface area contributed by atoms with Crippen LogP contribution < -0.4 is 15.4 Å². The number of hydrogen-bond donors (Lipinski definition) is 2. The molecule has 1 atom stereocenters. The third kappa shape index (κ3) is 4.24. The lowest BCUT2D eigenvalue weighted by molar-refractivity contribution is 0.142. The molecule has 1 aliphatic heterocycles. The van der Waals surface area contributed by atoms with Gasteiger partial charge in [-0.3, -0.25) is 0 Å². The molecule has 3 aromatic rings. The van der Waals surface area contributed by atoms with E-state index in [0.29, 0.717) is 36.3 Å². The van der Waals surface area contributed by atoms with Crippen LogP contribution in [0.4, 0.5) is 10.5 Å². The van der Waals surface area contributed by atoms with Crippen LogP contribution >= 0.6 is 0 Å². The summed E-state index contributed by atoms with van der Waals surface area (Å²) in [6.45, 7) is 1.25. The zero-order valence-corrected chi connectivity index (χ0v) is 16.4. The molecule has 1 saturated heterocycles. The number of carbonyl (C=O) groups is 1. The van der Waals surface area contributed by atoms with E-state index in [1.165, 1.54) is 0 Å². The molecule has 1 unspecified atom stereocenters. The van der Waals surface area contributed by atoms with Gasteiger partial charge in [0.15, 0.2) is 0 Å². The number of nitrogens with zero attached hydrogens (tertiary/aromatic N) is 4. The molecule has 2 amide bonds. The van der Waals surface area contributed by atoms with Gasteiger partial charge in [-0.2, -0.15) is 0 Å². The van der Waals surface area contributed by atoms with Crippen LogP contribution in [0.15, 0.2) is 49.1 Å². The number of hydrogen-bond acceptors (Lipinski definition) is 5. The van der Waals surface area contributed by atoms with Gasteiger partial charge in [-0.15, -0.1) is 0 Å². The number of nitrogens with one attached hydrogen (secondary N) is 2. The number of para-hydroxylation sites is 2. The van der Waals surface area contributed by atoms with Crippen LogP contribution in [0.5, 0.6) is 5.75 Å². The minimum Gasteiger partial charge on any atom is -0.486 e. The Bertz CT molecular complexity index is 936. The maximum absolute atomic E-state index is 12.8. The smallest absolute Gasteiger partial charge is 0.320 e. The summed E-state index contributed by atoms with van der Waals surface area (Å²) in [5, 5.41) is 5.86. The van der Waals surface area contributed by atoms with Gasteiger partial charge in [0.1, 0.15) is 29.5 Å². The molecule has 1 aromatic carbocycles. The lowest BCUT2D eigenvalue weighted by Gasteiger charge is -2.20. The number of amides is 2. The van der Waals surface area contributed by atoms with Crippen LogP contribution in [0.2, 0.25) is 0 Å². The van der Waals surface area contributed by atoms with Gasteiger partial charge in [-0.25, -0.2) is 14.8 Å². The number of ether oxygens (including phenoxy) is 2.